The van der Waals surface area contributed by atoms with Crippen LogP contribution in [-0.4, -0.2) is 16.3 Å². The predicted octanol–water partition coefficient (Wildman–Crippen LogP) is 5.71. The fraction of sp³-hybridized carbons (Fsp3) is 0.381. The highest BCUT2D eigenvalue weighted by atomic mass is 32.2. The highest BCUT2D eigenvalue weighted by molar-refractivity contribution is 7.99. The van der Waals surface area contributed by atoms with E-state index in [1.54, 1.807) is 0 Å². The van der Waals surface area contributed by atoms with Gasteiger partial charge in [0.2, 0.25) is 0 Å². The number of carbonyl (C=O) groups excluding carboxylic acids is 1. The molecule has 2 aliphatic carbocycles. The molecule has 24 heavy (non-hydrogen) atoms. The third kappa shape index (κ3) is 4.07. The zero-order chi connectivity index (χ0) is 16.4. The number of rotatable bonds is 8. The van der Waals surface area contributed by atoms with Crippen molar-refractivity contribution in [2.75, 3.05) is 0 Å². The molecule has 2 fully saturated rings. The van der Waals surface area contributed by atoms with E-state index in [9.17, 15) is 4.79 Å². The van der Waals surface area contributed by atoms with E-state index in [0.717, 1.165) is 33.1 Å². The Labute approximate surface area is 152 Å². The van der Waals surface area contributed by atoms with Crippen LogP contribution in [0.5, 0.6) is 0 Å². The van der Waals surface area contributed by atoms with E-state index in [-0.39, 0.29) is 5.78 Å². The number of ketones is 1. The van der Waals surface area contributed by atoms with Crippen molar-refractivity contribution in [2.24, 2.45) is 0 Å². The van der Waals surface area contributed by atoms with Gasteiger partial charge in [0.15, 0.2) is 5.78 Å². The summed E-state index contributed by atoms with van der Waals surface area (Å²) in [6, 6.07) is 16.3. The normalized spacial score (nSPS) is 17.0. The molecule has 0 N–H and O–H groups in total. The lowest BCUT2D eigenvalue weighted by Gasteiger charge is -2.12. The quantitative estimate of drug-likeness (QED) is 0.565. The lowest BCUT2D eigenvalue weighted by Crippen LogP contribution is -2.08. The summed E-state index contributed by atoms with van der Waals surface area (Å²) in [5.74, 6) is 2.09. The largest absolute Gasteiger partial charge is 0.289 e. The molecule has 0 amide bonds. The first-order chi connectivity index (χ1) is 11.8. The van der Waals surface area contributed by atoms with Gasteiger partial charge in [0.05, 0.1) is 0 Å². The number of benzene rings is 2. The topological polar surface area (TPSA) is 17.1 Å². The van der Waals surface area contributed by atoms with Crippen LogP contribution < -0.4 is 0 Å². The Balaban J connectivity index is 1.56. The van der Waals surface area contributed by atoms with Gasteiger partial charge < -0.3 is 0 Å². The molecule has 2 aliphatic rings. The van der Waals surface area contributed by atoms with Crippen LogP contribution in [0.15, 0.2) is 48.5 Å². The predicted molar refractivity (Wildman–Crippen MR) is 105 cm³/mol. The van der Waals surface area contributed by atoms with Crippen LogP contribution >= 0.6 is 23.5 Å². The van der Waals surface area contributed by atoms with Gasteiger partial charge in [-0.3, -0.25) is 4.79 Å². The maximum atomic E-state index is 13.2. The minimum absolute atomic E-state index is 0.189. The monoisotopic (exact) mass is 354 g/mol. The standard InChI is InChI=1S/C21H22OS2/c22-21(19-7-3-1-5-15(19)13-23-17-9-10-17)20-8-4-2-6-16(20)14-24-18-11-12-18/h1-8,17-18H,9-14H2. The minimum atomic E-state index is 0.189. The van der Waals surface area contributed by atoms with Crippen LogP contribution in [0.4, 0.5) is 0 Å². The molecule has 0 unspecified atom stereocenters. The number of thioether (sulfide) groups is 2. The summed E-state index contributed by atoms with van der Waals surface area (Å²) >= 11 is 3.99. The first-order valence-corrected chi connectivity index (χ1v) is 10.8. The van der Waals surface area contributed by atoms with Crippen molar-refractivity contribution in [3.8, 4) is 0 Å². The second-order valence-corrected chi connectivity index (χ2v) is 9.24. The third-order valence-corrected chi connectivity index (χ3v) is 7.36. The second kappa shape index (κ2) is 7.37. The molecule has 0 radical (unpaired) electrons. The zero-order valence-corrected chi connectivity index (χ0v) is 15.4. The Hall–Kier alpha value is -1.19. The molecular formula is C21H22OS2. The van der Waals surface area contributed by atoms with Crippen molar-refractivity contribution >= 4 is 29.3 Å². The Morgan fingerprint density at radius 1 is 0.750 bits per heavy atom. The highest BCUT2D eigenvalue weighted by Crippen LogP contribution is 2.38. The summed E-state index contributed by atoms with van der Waals surface area (Å²) in [7, 11) is 0. The molecule has 124 valence electrons. The fourth-order valence-corrected chi connectivity index (χ4v) is 5.04. The van der Waals surface area contributed by atoms with Crippen molar-refractivity contribution in [3.05, 3.63) is 70.8 Å². The molecule has 1 nitrogen and oxygen atoms in total. The van der Waals surface area contributed by atoms with Crippen molar-refractivity contribution < 1.29 is 4.79 Å². The molecule has 2 saturated carbocycles. The van der Waals surface area contributed by atoms with Gasteiger partial charge >= 0.3 is 0 Å². The second-order valence-electron chi connectivity index (χ2n) is 6.66. The van der Waals surface area contributed by atoms with Crippen molar-refractivity contribution in [2.45, 2.75) is 47.7 Å². The third-order valence-electron chi connectivity index (χ3n) is 4.52. The molecule has 2 aromatic rings. The SMILES string of the molecule is O=C(c1ccccc1CSC1CC1)c1ccccc1CSC1CC1. The van der Waals surface area contributed by atoms with Gasteiger partial charge in [0, 0.05) is 33.1 Å². The summed E-state index contributed by atoms with van der Waals surface area (Å²) in [6.45, 7) is 0. The van der Waals surface area contributed by atoms with Crippen molar-refractivity contribution in [1.82, 2.24) is 0 Å². The fourth-order valence-electron chi connectivity index (χ4n) is 2.77. The minimum Gasteiger partial charge on any atom is -0.289 e. The summed E-state index contributed by atoms with van der Waals surface area (Å²) in [4.78, 5) is 13.2. The number of hydrogen-bond donors (Lipinski definition) is 0. The molecule has 3 heteroatoms. The average Bonchev–Trinajstić information content (AvgIpc) is 3.53. The molecule has 0 spiro atoms. The van der Waals surface area contributed by atoms with Gasteiger partial charge in [-0.1, -0.05) is 48.5 Å². The molecule has 0 saturated heterocycles. The van der Waals surface area contributed by atoms with Crippen molar-refractivity contribution in [1.29, 1.82) is 0 Å². The van der Waals surface area contributed by atoms with E-state index < -0.39 is 0 Å². The molecule has 4 rings (SSSR count). The summed E-state index contributed by atoms with van der Waals surface area (Å²) in [5.41, 5.74) is 4.14. The lowest BCUT2D eigenvalue weighted by atomic mass is 9.96. The lowest BCUT2D eigenvalue weighted by molar-refractivity contribution is 0.103. The summed E-state index contributed by atoms with van der Waals surface area (Å²) in [6.07, 6.45) is 5.34. The van der Waals surface area contributed by atoms with E-state index in [1.165, 1.54) is 36.8 Å². The van der Waals surface area contributed by atoms with Gasteiger partial charge in [-0.05, 0) is 36.8 Å². The van der Waals surface area contributed by atoms with Crippen molar-refractivity contribution in [3.63, 3.8) is 0 Å². The molecule has 0 bridgehead atoms. The van der Waals surface area contributed by atoms with E-state index >= 15 is 0 Å². The maximum absolute atomic E-state index is 13.2. The maximum Gasteiger partial charge on any atom is 0.193 e. The Morgan fingerprint density at radius 2 is 1.17 bits per heavy atom. The van der Waals surface area contributed by atoms with Gasteiger partial charge in [-0.2, -0.15) is 23.5 Å². The van der Waals surface area contributed by atoms with E-state index in [4.69, 9.17) is 0 Å². The Kier molecular flexibility index (Phi) is 5.00. The van der Waals surface area contributed by atoms with Crippen LogP contribution in [0.1, 0.15) is 52.7 Å². The van der Waals surface area contributed by atoms with Crippen LogP contribution in [-0.2, 0) is 11.5 Å². The summed E-state index contributed by atoms with van der Waals surface area (Å²) < 4.78 is 0. The number of hydrogen-bond acceptors (Lipinski definition) is 3. The van der Waals surface area contributed by atoms with Crippen LogP contribution in [0, 0.1) is 0 Å². The molecule has 2 aromatic carbocycles. The smallest absolute Gasteiger partial charge is 0.193 e. The van der Waals surface area contributed by atoms with E-state index in [1.807, 2.05) is 47.8 Å². The van der Waals surface area contributed by atoms with E-state index in [2.05, 4.69) is 24.3 Å². The van der Waals surface area contributed by atoms with Crippen LogP contribution in [0.2, 0.25) is 0 Å². The first kappa shape index (κ1) is 16.3. The highest BCUT2D eigenvalue weighted by Gasteiger charge is 2.24. The van der Waals surface area contributed by atoms with Gasteiger partial charge in [0.1, 0.15) is 0 Å². The first-order valence-electron chi connectivity index (χ1n) is 8.75. The molecule has 0 atom stereocenters. The Morgan fingerprint density at radius 3 is 1.58 bits per heavy atom. The van der Waals surface area contributed by atoms with E-state index in [0.29, 0.717) is 0 Å². The van der Waals surface area contributed by atoms with Gasteiger partial charge in [0.25, 0.3) is 0 Å². The van der Waals surface area contributed by atoms with Crippen LogP contribution in [0.3, 0.4) is 0 Å². The zero-order valence-electron chi connectivity index (χ0n) is 13.7. The molecule has 0 heterocycles. The molecule has 0 aromatic heterocycles. The molecule has 0 aliphatic heterocycles. The Bertz CT molecular complexity index is 671. The van der Waals surface area contributed by atoms with Gasteiger partial charge in [-0.15, -0.1) is 0 Å². The van der Waals surface area contributed by atoms with Crippen LogP contribution in [0.25, 0.3) is 0 Å². The summed E-state index contributed by atoms with van der Waals surface area (Å²) in [5, 5.41) is 1.63. The number of carbonyl (C=O) groups is 1. The van der Waals surface area contributed by atoms with Gasteiger partial charge in [-0.25, -0.2) is 0 Å². The average molecular weight is 355 g/mol. The molecular weight excluding hydrogens is 332 g/mol.